The highest BCUT2D eigenvalue weighted by molar-refractivity contribution is 5.83. The monoisotopic (exact) mass is 321 g/mol. The minimum Gasteiger partial charge on any atom is -0.379 e. The van der Waals surface area contributed by atoms with E-state index in [1.807, 2.05) is 0 Å². The average Bonchev–Trinajstić information content (AvgIpc) is 2.59. The van der Waals surface area contributed by atoms with Gasteiger partial charge < -0.3 is 10.1 Å². The fraction of sp³-hybridized carbons (Fsp3) is 0.562. The van der Waals surface area contributed by atoms with Crippen LogP contribution < -0.4 is 5.32 Å². The standard InChI is InChI=1S/C16H23N3O4/c1-13(14-3-5-15(6-4-14)19(21)22)16(20)17-7-2-8-18-9-11-23-12-10-18/h3-6,13H,2,7-12H2,1H3,(H,17,20)/t13-/m0/s1. The summed E-state index contributed by atoms with van der Waals surface area (Å²) in [5.74, 6) is -0.375. The summed E-state index contributed by atoms with van der Waals surface area (Å²) in [6.07, 6.45) is 0.902. The van der Waals surface area contributed by atoms with E-state index in [0.717, 1.165) is 44.8 Å². The first-order valence-corrected chi connectivity index (χ1v) is 7.90. The normalized spacial score (nSPS) is 16.7. The van der Waals surface area contributed by atoms with E-state index in [1.54, 1.807) is 19.1 Å². The fourth-order valence-electron chi connectivity index (χ4n) is 2.53. The first-order chi connectivity index (χ1) is 11.1. The fourth-order valence-corrected chi connectivity index (χ4v) is 2.53. The van der Waals surface area contributed by atoms with E-state index in [4.69, 9.17) is 4.74 Å². The van der Waals surface area contributed by atoms with Gasteiger partial charge in [-0.3, -0.25) is 19.8 Å². The number of carbonyl (C=O) groups excluding carboxylic acids is 1. The lowest BCUT2D eigenvalue weighted by molar-refractivity contribution is -0.384. The average molecular weight is 321 g/mol. The van der Waals surface area contributed by atoms with Gasteiger partial charge in [-0.25, -0.2) is 0 Å². The van der Waals surface area contributed by atoms with Crippen molar-refractivity contribution in [2.24, 2.45) is 0 Å². The highest BCUT2D eigenvalue weighted by Gasteiger charge is 2.16. The largest absolute Gasteiger partial charge is 0.379 e. The maximum atomic E-state index is 12.1. The number of nitrogens with one attached hydrogen (secondary N) is 1. The molecule has 0 aliphatic carbocycles. The second-order valence-electron chi connectivity index (χ2n) is 5.67. The molecule has 1 aliphatic rings. The van der Waals surface area contributed by atoms with E-state index >= 15 is 0 Å². The summed E-state index contributed by atoms with van der Waals surface area (Å²) in [4.78, 5) is 24.7. The van der Waals surface area contributed by atoms with Crippen LogP contribution in [-0.4, -0.2) is 55.1 Å². The molecule has 0 bridgehead atoms. The van der Waals surface area contributed by atoms with Gasteiger partial charge in [0.25, 0.3) is 5.69 Å². The van der Waals surface area contributed by atoms with Gasteiger partial charge in [-0.1, -0.05) is 12.1 Å². The number of morpholine rings is 1. The molecule has 7 nitrogen and oxygen atoms in total. The summed E-state index contributed by atoms with van der Waals surface area (Å²) in [6, 6.07) is 6.13. The van der Waals surface area contributed by atoms with E-state index < -0.39 is 4.92 Å². The van der Waals surface area contributed by atoms with E-state index in [2.05, 4.69) is 10.2 Å². The van der Waals surface area contributed by atoms with Gasteiger partial charge in [0.15, 0.2) is 0 Å². The van der Waals surface area contributed by atoms with Crippen LogP contribution >= 0.6 is 0 Å². The molecule has 7 heteroatoms. The van der Waals surface area contributed by atoms with E-state index in [-0.39, 0.29) is 17.5 Å². The summed E-state index contributed by atoms with van der Waals surface area (Å²) < 4.78 is 5.29. The van der Waals surface area contributed by atoms with Crippen LogP contribution in [-0.2, 0) is 9.53 Å². The maximum absolute atomic E-state index is 12.1. The number of ether oxygens (including phenoxy) is 1. The highest BCUT2D eigenvalue weighted by Crippen LogP contribution is 2.19. The van der Waals surface area contributed by atoms with Crippen molar-refractivity contribution in [3.63, 3.8) is 0 Å². The molecular formula is C16H23N3O4. The number of benzene rings is 1. The summed E-state index contributed by atoms with van der Waals surface area (Å²) in [5, 5.41) is 13.6. The third-order valence-electron chi connectivity index (χ3n) is 4.05. The Balaban J connectivity index is 1.72. The predicted molar refractivity (Wildman–Crippen MR) is 86.4 cm³/mol. The van der Waals surface area contributed by atoms with Crippen molar-refractivity contribution in [2.75, 3.05) is 39.4 Å². The second kappa shape index (κ2) is 8.59. The Labute approximate surface area is 135 Å². The number of hydrogen-bond acceptors (Lipinski definition) is 5. The lowest BCUT2D eigenvalue weighted by atomic mass is 10.00. The van der Waals surface area contributed by atoms with Gasteiger partial charge in [0.05, 0.1) is 24.1 Å². The zero-order chi connectivity index (χ0) is 16.7. The van der Waals surface area contributed by atoms with Gasteiger partial charge in [0.2, 0.25) is 5.91 Å². The van der Waals surface area contributed by atoms with Crippen molar-refractivity contribution in [2.45, 2.75) is 19.3 Å². The molecule has 1 aromatic rings. The number of rotatable bonds is 7. The maximum Gasteiger partial charge on any atom is 0.269 e. The minimum atomic E-state index is -0.444. The van der Waals surface area contributed by atoms with E-state index in [0.29, 0.717) is 6.54 Å². The summed E-state index contributed by atoms with van der Waals surface area (Å²) in [6.45, 7) is 6.86. The molecule has 1 atom stereocenters. The Kier molecular flexibility index (Phi) is 6.49. The van der Waals surface area contributed by atoms with Crippen LogP contribution in [0.25, 0.3) is 0 Å². The summed E-state index contributed by atoms with van der Waals surface area (Å²) in [5.41, 5.74) is 0.813. The molecule has 1 heterocycles. The molecule has 0 spiro atoms. The molecule has 1 N–H and O–H groups in total. The van der Waals surface area contributed by atoms with Crippen LogP contribution in [0.3, 0.4) is 0 Å². The van der Waals surface area contributed by atoms with Crippen molar-refractivity contribution in [1.29, 1.82) is 0 Å². The van der Waals surface area contributed by atoms with Crippen molar-refractivity contribution in [1.82, 2.24) is 10.2 Å². The topological polar surface area (TPSA) is 84.7 Å². The molecule has 0 aromatic heterocycles. The van der Waals surface area contributed by atoms with E-state index in [9.17, 15) is 14.9 Å². The number of nitrogens with zero attached hydrogens (tertiary/aromatic N) is 2. The van der Waals surface area contributed by atoms with Crippen LogP contribution in [0, 0.1) is 10.1 Å². The minimum absolute atomic E-state index is 0.0341. The quantitative estimate of drug-likeness (QED) is 0.468. The highest BCUT2D eigenvalue weighted by atomic mass is 16.6. The Morgan fingerprint density at radius 1 is 1.35 bits per heavy atom. The molecule has 1 amide bonds. The van der Waals surface area contributed by atoms with Gasteiger partial charge in [-0.05, 0) is 25.5 Å². The molecule has 1 aromatic carbocycles. The zero-order valence-electron chi connectivity index (χ0n) is 13.4. The van der Waals surface area contributed by atoms with Gasteiger partial charge in [-0.2, -0.15) is 0 Å². The number of carbonyl (C=O) groups is 1. The van der Waals surface area contributed by atoms with Crippen LogP contribution in [0.2, 0.25) is 0 Å². The first-order valence-electron chi connectivity index (χ1n) is 7.90. The molecule has 2 rings (SSSR count). The molecule has 1 fully saturated rings. The summed E-state index contributed by atoms with van der Waals surface area (Å²) >= 11 is 0. The van der Waals surface area contributed by atoms with Gasteiger partial charge in [0.1, 0.15) is 0 Å². The smallest absolute Gasteiger partial charge is 0.269 e. The zero-order valence-corrected chi connectivity index (χ0v) is 13.4. The van der Waals surface area contributed by atoms with Crippen LogP contribution in [0.4, 0.5) is 5.69 Å². The Morgan fingerprint density at radius 2 is 2.00 bits per heavy atom. The van der Waals surface area contributed by atoms with Crippen molar-refractivity contribution >= 4 is 11.6 Å². The number of nitro groups is 1. The molecular weight excluding hydrogens is 298 g/mol. The second-order valence-corrected chi connectivity index (χ2v) is 5.67. The molecule has 126 valence electrons. The van der Waals surface area contributed by atoms with E-state index in [1.165, 1.54) is 12.1 Å². The van der Waals surface area contributed by atoms with Crippen molar-refractivity contribution < 1.29 is 14.5 Å². The number of non-ortho nitro benzene ring substituents is 1. The third kappa shape index (κ3) is 5.30. The number of hydrogen-bond donors (Lipinski definition) is 1. The molecule has 0 radical (unpaired) electrons. The van der Waals surface area contributed by atoms with Crippen LogP contribution in [0.5, 0.6) is 0 Å². The third-order valence-corrected chi connectivity index (χ3v) is 4.05. The molecule has 23 heavy (non-hydrogen) atoms. The van der Waals surface area contributed by atoms with Crippen molar-refractivity contribution in [3.8, 4) is 0 Å². The Hall–Kier alpha value is -1.99. The first kappa shape index (κ1) is 17.4. The van der Waals surface area contributed by atoms with Gasteiger partial charge >= 0.3 is 0 Å². The Morgan fingerprint density at radius 3 is 2.61 bits per heavy atom. The van der Waals surface area contributed by atoms with Crippen molar-refractivity contribution in [3.05, 3.63) is 39.9 Å². The lowest BCUT2D eigenvalue weighted by Gasteiger charge is -2.26. The number of amides is 1. The SMILES string of the molecule is C[C@H](C(=O)NCCCN1CCOCC1)c1ccc([N+](=O)[O-])cc1. The summed E-state index contributed by atoms with van der Waals surface area (Å²) in [7, 11) is 0. The molecule has 0 saturated carbocycles. The van der Waals surface area contributed by atoms with Crippen LogP contribution in [0.15, 0.2) is 24.3 Å². The van der Waals surface area contributed by atoms with Crippen LogP contribution in [0.1, 0.15) is 24.8 Å². The molecule has 1 saturated heterocycles. The van der Waals surface area contributed by atoms with Gasteiger partial charge in [0, 0.05) is 31.8 Å². The molecule has 1 aliphatic heterocycles. The Bertz CT molecular complexity index is 527. The van der Waals surface area contributed by atoms with Gasteiger partial charge in [-0.15, -0.1) is 0 Å². The number of nitro benzene ring substituents is 1. The lowest BCUT2D eigenvalue weighted by Crippen LogP contribution is -2.38. The predicted octanol–water partition coefficient (Wildman–Crippen LogP) is 1.54. The molecule has 0 unspecified atom stereocenters.